The molecule has 0 bridgehead atoms. The number of hydrogen-bond acceptors (Lipinski definition) is 3. The van der Waals surface area contributed by atoms with Gasteiger partial charge >= 0.3 is 0 Å². The van der Waals surface area contributed by atoms with Gasteiger partial charge in [-0.15, -0.1) is 12.3 Å². The normalized spacial score (nSPS) is 13.8. The highest BCUT2D eigenvalue weighted by Crippen LogP contribution is 2.25. The van der Waals surface area contributed by atoms with Gasteiger partial charge in [-0.3, -0.25) is 0 Å². The maximum absolute atomic E-state index is 11.9. The molecule has 1 aliphatic rings. The number of terminal acetylenes is 1. The number of anilines is 1. The third kappa shape index (κ3) is 2.60. The second kappa shape index (κ2) is 4.78. The molecule has 0 fully saturated rings. The second-order valence-corrected chi connectivity index (χ2v) is 5.61. The molecule has 4 nitrogen and oxygen atoms in total. The summed E-state index contributed by atoms with van der Waals surface area (Å²) in [5, 5.41) is 3.16. The molecule has 0 radical (unpaired) electrons. The molecular weight excluding hydrogens is 236 g/mol. The van der Waals surface area contributed by atoms with Crippen LogP contribution in [0.15, 0.2) is 23.1 Å². The van der Waals surface area contributed by atoms with Crippen LogP contribution in [0.3, 0.4) is 0 Å². The molecule has 0 spiro atoms. The lowest BCUT2D eigenvalue weighted by Crippen LogP contribution is -2.24. The molecule has 5 heteroatoms. The number of sulfonamides is 1. The van der Waals surface area contributed by atoms with Crippen molar-refractivity contribution in [3.05, 3.63) is 23.8 Å². The molecule has 2 N–H and O–H groups in total. The summed E-state index contributed by atoms with van der Waals surface area (Å²) in [6.07, 6.45) is 6.41. The Morgan fingerprint density at radius 1 is 1.47 bits per heavy atom. The van der Waals surface area contributed by atoms with E-state index in [2.05, 4.69) is 16.0 Å². The van der Waals surface area contributed by atoms with Gasteiger partial charge in [0.2, 0.25) is 10.0 Å². The Kier molecular flexibility index (Phi) is 3.36. The molecule has 0 atom stereocenters. The average Bonchev–Trinajstić information content (AvgIpc) is 2.76. The third-order valence-corrected chi connectivity index (χ3v) is 4.12. The fourth-order valence-electron chi connectivity index (χ4n) is 1.78. The minimum absolute atomic E-state index is 0.267. The lowest BCUT2D eigenvalue weighted by Gasteiger charge is -2.07. The van der Waals surface area contributed by atoms with Crippen molar-refractivity contribution in [1.29, 1.82) is 0 Å². The van der Waals surface area contributed by atoms with Crippen molar-refractivity contribution < 1.29 is 8.42 Å². The minimum atomic E-state index is -3.44. The molecule has 0 aromatic heterocycles. The van der Waals surface area contributed by atoms with E-state index >= 15 is 0 Å². The fourth-order valence-corrected chi connectivity index (χ4v) is 2.84. The zero-order valence-electron chi connectivity index (χ0n) is 9.36. The summed E-state index contributed by atoms with van der Waals surface area (Å²) < 4.78 is 26.3. The molecule has 1 aromatic carbocycles. The van der Waals surface area contributed by atoms with Gasteiger partial charge in [0.25, 0.3) is 0 Å². The van der Waals surface area contributed by atoms with Crippen LogP contribution in [0, 0.1) is 12.3 Å². The molecule has 90 valence electrons. The lowest BCUT2D eigenvalue weighted by atomic mass is 10.2. The van der Waals surface area contributed by atoms with Gasteiger partial charge < -0.3 is 5.32 Å². The van der Waals surface area contributed by atoms with Crippen LogP contribution in [0.2, 0.25) is 0 Å². The molecule has 2 rings (SSSR count). The molecular formula is C12H14N2O2S. The summed E-state index contributed by atoms with van der Waals surface area (Å²) in [5.41, 5.74) is 2.07. The highest BCUT2D eigenvalue weighted by molar-refractivity contribution is 7.89. The molecule has 0 amide bonds. The summed E-state index contributed by atoms with van der Waals surface area (Å²) >= 11 is 0. The van der Waals surface area contributed by atoms with E-state index in [-0.39, 0.29) is 11.4 Å². The maximum Gasteiger partial charge on any atom is 0.240 e. The van der Waals surface area contributed by atoms with Crippen LogP contribution in [-0.2, 0) is 16.4 Å². The van der Waals surface area contributed by atoms with E-state index in [1.807, 2.05) is 6.07 Å². The Labute approximate surface area is 101 Å². The van der Waals surface area contributed by atoms with Crippen LogP contribution in [0.5, 0.6) is 0 Å². The summed E-state index contributed by atoms with van der Waals surface area (Å²) in [6, 6.07) is 5.15. The Morgan fingerprint density at radius 3 is 3.06 bits per heavy atom. The number of nitrogens with one attached hydrogen (secondary N) is 2. The van der Waals surface area contributed by atoms with E-state index in [1.165, 1.54) is 0 Å². The SMILES string of the molecule is C#CCCNS(=O)(=O)c1ccc2c(c1)NCC2. The molecule has 0 saturated heterocycles. The molecule has 0 aliphatic carbocycles. The molecule has 0 saturated carbocycles. The van der Waals surface area contributed by atoms with Crippen molar-refractivity contribution in [2.75, 3.05) is 18.4 Å². The standard InChI is InChI=1S/C12H14N2O2S/c1-2-3-7-14-17(15,16)11-5-4-10-6-8-13-12(10)9-11/h1,4-5,9,13-14H,3,6-8H2. The van der Waals surface area contributed by atoms with Crippen LogP contribution in [0.1, 0.15) is 12.0 Å². The highest BCUT2D eigenvalue weighted by Gasteiger charge is 2.17. The van der Waals surface area contributed by atoms with Crippen molar-refractivity contribution in [3.8, 4) is 12.3 Å². The van der Waals surface area contributed by atoms with Gasteiger partial charge in [-0.2, -0.15) is 0 Å². The van der Waals surface area contributed by atoms with Crippen molar-refractivity contribution in [3.63, 3.8) is 0 Å². The van der Waals surface area contributed by atoms with Crippen LogP contribution in [0.4, 0.5) is 5.69 Å². The molecule has 17 heavy (non-hydrogen) atoms. The van der Waals surface area contributed by atoms with Gasteiger partial charge in [0.1, 0.15) is 0 Å². The number of fused-ring (bicyclic) bond motifs is 1. The second-order valence-electron chi connectivity index (χ2n) is 3.85. The Morgan fingerprint density at radius 2 is 2.29 bits per heavy atom. The zero-order chi connectivity index (χ0) is 12.3. The molecule has 1 aromatic rings. The first-order valence-corrected chi connectivity index (χ1v) is 6.92. The van der Waals surface area contributed by atoms with E-state index in [1.54, 1.807) is 12.1 Å². The van der Waals surface area contributed by atoms with Crippen LogP contribution in [-0.4, -0.2) is 21.5 Å². The average molecular weight is 250 g/mol. The third-order valence-electron chi connectivity index (χ3n) is 2.66. The lowest BCUT2D eigenvalue weighted by molar-refractivity contribution is 0.582. The van der Waals surface area contributed by atoms with Crippen molar-refractivity contribution in [2.24, 2.45) is 0 Å². The Balaban J connectivity index is 2.19. The van der Waals surface area contributed by atoms with E-state index in [9.17, 15) is 8.42 Å². The van der Waals surface area contributed by atoms with Gasteiger partial charge in [0.15, 0.2) is 0 Å². The summed E-state index contributed by atoms with van der Waals surface area (Å²) in [6.45, 7) is 1.13. The number of hydrogen-bond donors (Lipinski definition) is 2. The summed E-state index contributed by atoms with van der Waals surface area (Å²) in [7, 11) is -3.44. The van der Waals surface area contributed by atoms with Crippen molar-refractivity contribution in [1.82, 2.24) is 4.72 Å². The van der Waals surface area contributed by atoms with Gasteiger partial charge in [-0.25, -0.2) is 13.1 Å². The first-order chi connectivity index (χ1) is 8.13. The van der Waals surface area contributed by atoms with Crippen molar-refractivity contribution >= 4 is 15.7 Å². The molecule has 1 aliphatic heterocycles. The van der Waals surface area contributed by atoms with E-state index in [0.29, 0.717) is 6.42 Å². The van der Waals surface area contributed by atoms with Crippen molar-refractivity contribution in [2.45, 2.75) is 17.7 Å². The van der Waals surface area contributed by atoms with Gasteiger partial charge in [-0.1, -0.05) is 6.07 Å². The highest BCUT2D eigenvalue weighted by atomic mass is 32.2. The van der Waals surface area contributed by atoms with E-state index in [0.717, 1.165) is 24.2 Å². The predicted molar refractivity (Wildman–Crippen MR) is 67.3 cm³/mol. The van der Waals surface area contributed by atoms with Crippen LogP contribution >= 0.6 is 0 Å². The number of rotatable bonds is 4. The van der Waals surface area contributed by atoms with Crippen LogP contribution < -0.4 is 10.0 Å². The first kappa shape index (κ1) is 12.0. The van der Waals surface area contributed by atoms with E-state index < -0.39 is 10.0 Å². The fraction of sp³-hybridized carbons (Fsp3) is 0.333. The van der Waals surface area contributed by atoms with E-state index in [4.69, 9.17) is 6.42 Å². The quantitative estimate of drug-likeness (QED) is 0.618. The molecule has 0 unspecified atom stereocenters. The van der Waals surface area contributed by atoms with Gasteiger partial charge in [-0.05, 0) is 24.1 Å². The monoisotopic (exact) mass is 250 g/mol. The van der Waals surface area contributed by atoms with Gasteiger partial charge in [0.05, 0.1) is 4.90 Å². The summed E-state index contributed by atoms with van der Waals surface area (Å²) in [4.78, 5) is 0.280. The predicted octanol–water partition coefficient (Wildman–Crippen LogP) is 0.956. The smallest absolute Gasteiger partial charge is 0.240 e. The topological polar surface area (TPSA) is 58.2 Å². The van der Waals surface area contributed by atoms with Crippen LogP contribution in [0.25, 0.3) is 0 Å². The minimum Gasteiger partial charge on any atom is -0.384 e. The largest absolute Gasteiger partial charge is 0.384 e. The molecule has 1 heterocycles. The Hall–Kier alpha value is -1.51. The van der Waals surface area contributed by atoms with Gasteiger partial charge in [0, 0.05) is 25.2 Å². The summed E-state index contributed by atoms with van der Waals surface area (Å²) in [5.74, 6) is 2.39. The first-order valence-electron chi connectivity index (χ1n) is 5.43. The zero-order valence-corrected chi connectivity index (χ0v) is 10.2. The maximum atomic E-state index is 11.9. The Bertz CT molecular complexity index is 558. The number of benzene rings is 1.